The minimum Gasteiger partial charge on any atom is -0.497 e. The normalized spacial score (nSPS) is 12.3. The topological polar surface area (TPSA) is 50.4 Å². The van der Waals surface area contributed by atoms with E-state index in [0.29, 0.717) is 12.6 Å². The Kier molecular flexibility index (Phi) is 5.65. The standard InChI is InChI=1S/C14H22N2O2/c1-10(2)16-11(3)14(17)15-9-12-5-7-13(18-4)8-6-12/h5-8,10-11,16H,9H2,1-4H3,(H,15,17)/t11-/m1/s1. The third kappa shape index (κ3) is 4.75. The van der Waals surface area contributed by atoms with Crippen molar-refractivity contribution in [3.8, 4) is 5.75 Å². The highest BCUT2D eigenvalue weighted by molar-refractivity contribution is 5.81. The molecule has 1 aromatic rings. The predicted octanol–water partition coefficient (Wildman–Crippen LogP) is 1.70. The van der Waals surface area contributed by atoms with Gasteiger partial charge in [-0.05, 0) is 24.6 Å². The van der Waals surface area contributed by atoms with Crippen LogP contribution in [0.2, 0.25) is 0 Å². The molecule has 0 spiro atoms. The summed E-state index contributed by atoms with van der Waals surface area (Å²) in [7, 11) is 1.63. The SMILES string of the molecule is COc1ccc(CNC(=O)[C@@H](C)NC(C)C)cc1. The van der Waals surface area contributed by atoms with E-state index in [1.165, 1.54) is 0 Å². The fourth-order valence-electron chi connectivity index (χ4n) is 1.66. The average Bonchev–Trinajstić information content (AvgIpc) is 2.35. The molecule has 0 aromatic heterocycles. The van der Waals surface area contributed by atoms with Gasteiger partial charge in [0.25, 0.3) is 0 Å². The minimum absolute atomic E-state index is 0.0134. The van der Waals surface area contributed by atoms with Gasteiger partial charge < -0.3 is 15.4 Å². The molecule has 0 saturated carbocycles. The molecule has 0 saturated heterocycles. The van der Waals surface area contributed by atoms with Crippen molar-refractivity contribution in [3.05, 3.63) is 29.8 Å². The van der Waals surface area contributed by atoms with Gasteiger partial charge >= 0.3 is 0 Å². The van der Waals surface area contributed by atoms with Crippen molar-refractivity contribution in [1.82, 2.24) is 10.6 Å². The monoisotopic (exact) mass is 250 g/mol. The second kappa shape index (κ2) is 7.01. The second-order valence-electron chi connectivity index (χ2n) is 4.61. The summed E-state index contributed by atoms with van der Waals surface area (Å²) in [5.74, 6) is 0.833. The molecule has 1 rings (SSSR count). The molecule has 0 aliphatic carbocycles. The lowest BCUT2D eigenvalue weighted by molar-refractivity contribution is -0.123. The van der Waals surface area contributed by atoms with Gasteiger partial charge in [0, 0.05) is 12.6 Å². The summed E-state index contributed by atoms with van der Waals surface area (Å²) in [6, 6.07) is 7.78. The Morgan fingerprint density at radius 1 is 1.22 bits per heavy atom. The smallest absolute Gasteiger partial charge is 0.237 e. The first-order valence-electron chi connectivity index (χ1n) is 6.19. The summed E-state index contributed by atoms with van der Waals surface area (Å²) in [6.45, 7) is 6.44. The van der Waals surface area contributed by atoms with Crippen LogP contribution in [0.1, 0.15) is 26.3 Å². The van der Waals surface area contributed by atoms with E-state index >= 15 is 0 Å². The summed E-state index contributed by atoms with van der Waals surface area (Å²) >= 11 is 0. The number of carbonyl (C=O) groups is 1. The van der Waals surface area contributed by atoms with Crippen molar-refractivity contribution in [2.45, 2.75) is 39.4 Å². The van der Waals surface area contributed by atoms with Gasteiger partial charge in [0.2, 0.25) is 5.91 Å². The van der Waals surface area contributed by atoms with Crippen LogP contribution >= 0.6 is 0 Å². The van der Waals surface area contributed by atoms with Crippen LogP contribution in [-0.2, 0) is 11.3 Å². The maximum Gasteiger partial charge on any atom is 0.237 e. The highest BCUT2D eigenvalue weighted by Gasteiger charge is 2.12. The molecule has 0 fully saturated rings. The van der Waals surface area contributed by atoms with Crippen molar-refractivity contribution in [2.24, 2.45) is 0 Å². The van der Waals surface area contributed by atoms with Crippen molar-refractivity contribution < 1.29 is 9.53 Å². The first kappa shape index (κ1) is 14.5. The second-order valence-corrected chi connectivity index (χ2v) is 4.61. The minimum atomic E-state index is -0.178. The molecule has 18 heavy (non-hydrogen) atoms. The van der Waals surface area contributed by atoms with Crippen molar-refractivity contribution in [2.75, 3.05) is 7.11 Å². The molecule has 1 atom stereocenters. The molecular weight excluding hydrogens is 228 g/mol. The molecular formula is C14H22N2O2. The molecule has 1 aromatic carbocycles. The molecule has 2 N–H and O–H groups in total. The maximum absolute atomic E-state index is 11.8. The van der Waals surface area contributed by atoms with E-state index in [-0.39, 0.29) is 11.9 Å². The number of rotatable bonds is 6. The van der Waals surface area contributed by atoms with Crippen molar-refractivity contribution in [1.29, 1.82) is 0 Å². The molecule has 0 radical (unpaired) electrons. The molecule has 0 aliphatic rings. The van der Waals surface area contributed by atoms with E-state index in [9.17, 15) is 4.79 Å². The fraction of sp³-hybridized carbons (Fsp3) is 0.500. The van der Waals surface area contributed by atoms with Crippen LogP contribution in [0.15, 0.2) is 24.3 Å². The van der Waals surface area contributed by atoms with Gasteiger partial charge in [0.1, 0.15) is 5.75 Å². The quantitative estimate of drug-likeness (QED) is 0.808. The van der Waals surface area contributed by atoms with Crippen LogP contribution in [0, 0.1) is 0 Å². The Morgan fingerprint density at radius 3 is 2.33 bits per heavy atom. The summed E-state index contributed by atoms with van der Waals surface area (Å²) in [5.41, 5.74) is 1.06. The molecule has 100 valence electrons. The van der Waals surface area contributed by atoms with Crippen molar-refractivity contribution >= 4 is 5.91 Å². The van der Waals surface area contributed by atoms with E-state index in [1.54, 1.807) is 7.11 Å². The third-order valence-electron chi connectivity index (χ3n) is 2.60. The van der Waals surface area contributed by atoms with Gasteiger partial charge in [-0.3, -0.25) is 4.79 Å². The Labute approximate surface area is 109 Å². The lowest BCUT2D eigenvalue weighted by Gasteiger charge is -2.16. The molecule has 0 bridgehead atoms. The van der Waals surface area contributed by atoms with Crippen LogP contribution in [0.5, 0.6) is 5.75 Å². The first-order valence-corrected chi connectivity index (χ1v) is 6.19. The van der Waals surface area contributed by atoms with Crippen LogP contribution in [0.25, 0.3) is 0 Å². The van der Waals surface area contributed by atoms with E-state index < -0.39 is 0 Å². The number of amides is 1. The molecule has 1 amide bonds. The molecule has 0 heterocycles. The number of ether oxygens (including phenoxy) is 1. The lowest BCUT2D eigenvalue weighted by atomic mass is 10.2. The summed E-state index contributed by atoms with van der Waals surface area (Å²) in [5, 5.41) is 6.06. The summed E-state index contributed by atoms with van der Waals surface area (Å²) in [6.07, 6.45) is 0. The zero-order valence-electron chi connectivity index (χ0n) is 11.5. The predicted molar refractivity (Wildman–Crippen MR) is 72.6 cm³/mol. The number of benzene rings is 1. The van der Waals surface area contributed by atoms with Gasteiger partial charge in [-0.25, -0.2) is 0 Å². The molecule has 0 unspecified atom stereocenters. The number of hydrogen-bond donors (Lipinski definition) is 2. The van der Waals surface area contributed by atoms with E-state index in [4.69, 9.17) is 4.74 Å². The van der Waals surface area contributed by atoms with Crippen LogP contribution in [-0.4, -0.2) is 25.1 Å². The van der Waals surface area contributed by atoms with Gasteiger partial charge in [-0.1, -0.05) is 26.0 Å². The molecule has 4 nitrogen and oxygen atoms in total. The fourth-order valence-corrected chi connectivity index (χ4v) is 1.66. The average molecular weight is 250 g/mol. The lowest BCUT2D eigenvalue weighted by Crippen LogP contribution is -2.44. The third-order valence-corrected chi connectivity index (χ3v) is 2.60. The molecule has 4 heteroatoms. The van der Waals surface area contributed by atoms with Crippen LogP contribution < -0.4 is 15.4 Å². The number of carbonyl (C=O) groups excluding carboxylic acids is 1. The highest BCUT2D eigenvalue weighted by Crippen LogP contribution is 2.10. The molecule has 0 aliphatic heterocycles. The Morgan fingerprint density at radius 2 is 1.83 bits per heavy atom. The first-order chi connectivity index (χ1) is 8.52. The Balaban J connectivity index is 2.41. The Bertz CT molecular complexity index is 374. The number of nitrogens with one attached hydrogen (secondary N) is 2. The summed E-state index contributed by atoms with van der Waals surface area (Å²) < 4.78 is 5.08. The van der Waals surface area contributed by atoms with E-state index in [0.717, 1.165) is 11.3 Å². The summed E-state index contributed by atoms with van der Waals surface area (Å²) in [4.78, 5) is 11.8. The van der Waals surface area contributed by atoms with Gasteiger partial charge in [-0.2, -0.15) is 0 Å². The maximum atomic E-state index is 11.8. The van der Waals surface area contributed by atoms with Crippen LogP contribution in [0.4, 0.5) is 0 Å². The number of methoxy groups -OCH3 is 1. The zero-order chi connectivity index (χ0) is 13.5. The van der Waals surface area contributed by atoms with E-state index in [1.807, 2.05) is 45.0 Å². The Hall–Kier alpha value is -1.55. The van der Waals surface area contributed by atoms with Gasteiger partial charge in [0.15, 0.2) is 0 Å². The van der Waals surface area contributed by atoms with Crippen molar-refractivity contribution in [3.63, 3.8) is 0 Å². The van der Waals surface area contributed by atoms with Gasteiger partial charge in [0.05, 0.1) is 13.2 Å². The largest absolute Gasteiger partial charge is 0.497 e. The van der Waals surface area contributed by atoms with Gasteiger partial charge in [-0.15, -0.1) is 0 Å². The highest BCUT2D eigenvalue weighted by atomic mass is 16.5. The number of hydrogen-bond acceptors (Lipinski definition) is 3. The van der Waals surface area contributed by atoms with Crippen LogP contribution in [0.3, 0.4) is 0 Å². The van der Waals surface area contributed by atoms with E-state index in [2.05, 4.69) is 10.6 Å². The zero-order valence-corrected chi connectivity index (χ0v) is 11.5.